The van der Waals surface area contributed by atoms with Gasteiger partial charge in [-0.15, -0.1) is 10.2 Å². The van der Waals surface area contributed by atoms with E-state index in [0.29, 0.717) is 0 Å². The fraction of sp³-hybridized carbons (Fsp3) is 0.368. The number of amides is 1. The summed E-state index contributed by atoms with van der Waals surface area (Å²) in [7, 11) is 0. The molecule has 8 nitrogen and oxygen atoms in total. The molecular weight excluding hydrogens is 342 g/mol. The van der Waals surface area contributed by atoms with Crippen LogP contribution in [0.3, 0.4) is 0 Å². The van der Waals surface area contributed by atoms with Crippen LogP contribution in [0.5, 0.6) is 0 Å². The van der Waals surface area contributed by atoms with E-state index in [2.05, 4.69) is 42.5 Å². The van der Waals surface area contributed by atoms with Crippen LogP contribution in [0, 0.1) is 6.92 Å². The number of aromatic nitrogens is 4. The highest BCUT2D eigenvalue weighted by Crippen LogP contribution is 2.18. The highest BCUT2D eigenvalue weighted by atomic mass is 16.1. The normalized spacial score (nSPS) is 15.3. The SMILES string of the molecule is CC(=O)Nc1ccc(CN2CCN(c3cnn4c(C)nnc4c3)CC2)cc1. The van der Waals surface area contributed by atoms with Gasteiger partial charge in [-0.25, -0.2) is 0 Å². The number of rotatable bonds is 4. The molecular formula is C19H23N7O. The third-order valence-electron chi connectivity index (χ3n) is 4.82. The number of hydrogen-bond acceptors (Lipinski definition) is 6. The van der Waals surface area contributed by atoms with Crippen molar-refractivity contribution >= 4 is 22.9 Å². The Morgan fingerprint density at radius 2 is 1.85 bits per heavy atom. The van der Waals surface area contributed by atoms with Gasteiger partial charge < -0.3 is 10.2 Å². The lowest BCUT2D eigenvalue weighted by molar-refractivity contribution is -0.114. The first kappa shape index (κ1) is 17.4. The van der Waals surface area contributed by atoms with Gasteiger partial charge in [-0.3, -0.25) is 9.69 Å². The van der Waals surface area contributed by atoms with Gasteiger partial charge >= 0.3 is 0 Å². The average molecular weight is 365 g/mol. The largest absolute Gasteiger partial charge is 0.368 e. The van der Waals surface area contributed by atoms with Crippen molar-refractivity contribution in [2.75, 3.05) is 36.4 Å². The molecule has 1 aliphatic heterocycles. The Kier molecular flexibility index (Phi) is 4.72. The van der Waals surface area contributed by atoms with Crippen LogP contribution in [0.25, 0.3) is 5.65 Å². The molecule has 1 aliphatic rings. The molecule has 0 radical (unpaired) electrons. The molecule has 1 N–H and O–H groups in total. The molecule has 1 amide bonds. The summed E-state index contributed by atoms with van der Waals surface area (Å²) in [4.78, 5) is 15.9. The Morgan fingerprint density at radius 1 is 1.11 bits per heavy atom. The first-order valence-corrected chi connectivity index (χ1v) is 9.10. The molecule has 1 aromatic carbocycles. The lowest BCUT2D eigenvalue weighted by Crippen LogP contribution is -2.46. The summed E-state index contributed by atoms with van der Waals surface area (Å²) in [6, 6.07) is 10.1. The summed E-state index contributed by atoms with van der Waals surface area (Å²) < 4.78 is 1.75. The van der Waals surface area contributed by atoms with Crippen molar-refractivity contribution in [3.63, 3.8) is 0 Å². The third-order valence-corrected chi connectivity index (χ3v) is 4.82. The van der Waals surface area contributed by atoms with E-state index in [-0.39, 0.29) is 5.91 Å². The van der Waals surface area contributed by atoms with Gasteiger partial charge in [-0.1, -0.05) is 12.1 Å². The number of benzene rings is 1. The molecule has 140 valence electrons. The van der Waals surface area contributed by atoms with Crippen LogP contribution >= 0.6 is 0 Å². The zero-order chi connectivity index (χ0) is 18.8. The number of hydrogen-bond donors (Lipinski definition) is 1. The van der Waals surface area contributed by atoms with Crippen molar-refractivity contribution in [3.05, 3.63) is 47.9 Å². The molecule has 2 aromatic heterocycles. The van der Waals surface area contributed by atoms with Crippen molar-refractivity contribution < 1.29 is 4.79 Å². The number of piperazine rings is 1. The Labute approximate surface area is 157 Å². The number of carbonyl (C=O) groups is 1. The van der Waals surface area contributed by atoms with Gasteiger partial charge in [0.2, 0.25) is 5.91 Å². The van der Waals surface area contributed by atoms with Crippen LogP contribution in [0.15, 0.2) is 36.5 Å². The van der Waals surface area contributed by atoms with E-state index >= 15 is 0 Å². The first-order valence-electron chi connectivity index (χ1n) is 9.10. The van der Waals surface area contributed by atoms with Crippen LogP contribution < -0.4 is 10.2 Å². The summed E-state index contributed by atoms with van der Waals surface area (Å²) in [6.45, 7) is 8.21. The van der Waals surface area contributed by atoms with E-state index < -0.39 is 0 Å². The molecule has 0 aliphatic carbocycles. The Balaban J connectivity index is 1.34. The monoisotopic (exact) mass is 365 g/mol. The topological polar surface area (TPSA) is 78.7 Å². The molecule has 0 unspecified atom stereocenters. The number of nitrogens with one attached hydrogen (secondary N) is 1. The molecule has 0 saturated carbocycles. The minimum Gasteiger partial charge on any atom is -0.368 e. The maximum atomic E-state index is 11.1. The summed E-state index contributed by atoms with van der Waals surface area (Å²) in [5, 5.41) is 15.5. The van der Waals surface area contributed by atoms with Gasteiger partial charge in [0.15, 0.2) is 11.5 Å². The first-order chi connectivity index (χ1) is 13.1. The lowest BCUT2D eigenvalue weighted by Gasteiger charge is -2.35. The van der Waals surface area contributed by atoms with E-state index in [4.69, 9.17) is 0 Å². The second kappa shape index (κ2) is 7.32. The molecule has 8 heteroatoms. The number of anilines is 2. The maximum Gasteiger partial charge on any atom is 0.221 e. The van der Waals surface area contributed by atoms with Crippen LogP contribution in [-0.4, -0.2) is 56.8 Å². The smallest absolute Gasteiger partial charge is 0.221 e. The Morgan fingerprint density at radius 3 is 2.56 bits per heavy atom. The Bertz CT molecular complexity index is 942. The van der Waals surface area contributed by atoms with E-state index in [0.717, 1.165) is 55.6 Å². The molecule has 1 saturated heterocycles. The van der Waals surface area contributed by atoms with Crippen molar-refractivity contribution in [1.29, 1.82) is 0 Å². The van der Waals surface area contributed by atoms with Crippen LogP contribution in [-0.2, 0) is 11.3 Å². The van der Waals surface area contributed by atoms with Crippen molar-refractivity contribution in [2.45, 2.75) is 20.4 Å². The predicted molar refractivity (Wildman–Crippen MR) is 104 cm³/mol. The molecule has 0 spiro atoms. The number of carbonyl (C=O) groups excluding carboxylic acids is 1. The molecule has 0 bridgehead atoms. The van der Waals surface area contributed by atoms with E-state index in [9.17, 15) is 4.79 Å². The predicted octanol–water partition coefficient (Wildman–Crippen LogP) is 1.71. The van der Waals surface area contributed by atoms with Crippen LogP contribution in [0.2, 0.25) is 0 Å². The molecule has 1 fully saturated rings. The zero-order valence-electron chi connectivity index (χ0n) is 15.6. The van der Waals surface area contributed by atoms with E-state index in [1.807, 2.05) is 31.3 Å². The standard InChI is InChI=1S/C19H23N7O/c1-14-22-23-19-11-18(12-20-26(14)19)25-9-7-24(8-10-25)13-16-3-5-17(6-4-16)21-15(2)27/h3-6,11-12H,7-10,13H2,1-2H3,(H,21,27). The van der Waals surface area contributed by atoms with Gasteiger partial charge in [-0.2, -0.15) is 9.61 Å². The summed E-state index contributed by atoms with van der Waals surface area (Å²) in [6.07, 6.45) is 1.89. The highest BCUT2D eigenvalue weighted by Gasteiger charge is 2.18. The van der Waals surface area contributed by atoms with Crippen LogP contribution in [0.1, 0.15) is 18.3 Å². The van der Waals surface area contributed by atoms with Crippen molar-refractivity contribution in [1.82, 2.24) is 24.7 Å². The Hall–Kier alpha value is -3.00. The van der Waals surface area contributed by atoms with E-state index in [1.165, 1.54) is 12.5 Å². The third kappa shape index (κ3) is 3.90. The summed E-state index contributed by atoms with van der Waals surface area (Å²) in [5.74, 6) is 0.749. The molecule has 3 heterocycles. The van der Waals surface area contributed by atoms with Crippen molar-refractivity contribution in [2.24, 2.45) is 0 Å². The lowest BCUT2D eigenvalue weighted by atomic mass is 10.1. The van der Waals surface area contributed by atoms with Gasteiger partial charge in [0.1, 0.15) is 0 Å². The number of nitrogens with zero attached hydrogens (tertiary/aromatic N) is 6. The van der Waals surface area contributed by atoms with Crippen LogP contribution in [0.4, 0.5) is 11.4 Å². The second-order valence-electron chi connectivity index (χ2n) is 6.87. The van der Waals surface area contributed by atoms with Gasteiger partial charge in [0, 0.05) is 51.4 Å². The minimum atomic E-state index is -0.0483. The van der Waals surface area contributed by atoms with Gasteiger partial charge in [-0.05, 0) is 24.6 Å². The number of aryl methyl sites for hydroxylation is 1. The van der Waals surface area contributed by atoms with Gasteiger partial charge in [0.05, 0.1) is 11.9 Å². The average Bonchev–Trinajstić information content (AvgIpc) is 3.04. The molecule has 4 rings (SSSR count). The second-order valence-corrected chi connectivity index (χ2v) is 6.87. The molecule has 0 atom stereocenters. The highest BCUT2D eigenvalue weighted by molar-refractivity contribution is 5.88. The van der Waals surface area contributed by atoms with Gasteiger partial charge in [0.25, 0.3) is 0 Å². The minimum absolute atomic E-state index is 0.0483. The summed E-state index contributed by atoms with van der Waals surface area (Å²) >= 11 is 0. The molecule has 27 heavy (non-hydrogen) atoms. The summed E-state index contributed by atoms with van der Waals surface area (Å²) in [5.41, 5.74) is 3.96. The van der Waals surface area contributed by atoms with Crippen molar-refractivity contribution in [3.8, 4) is 0 Å². The zero-order valence-corrected chi connectivity index (χ0v) is 15.6. The number of fused-ring (bicyclic) bond motifs is 1. The fourth-order valence-electron chi connectivity index (χ4n) is 3.39. The maximum absolute atomic E-state index is 11.1. The molecule has 3 aromatic rings. The fourth-order valence-corrected chi connectivity index (χ4v) is 3.39. The quantitative estimate of drug-likeness (QED) is 0.758. The van der Waals surface area contributed by atoms with E-state index in [1.54, 1.807) is 4.52 Å².